The van der Waals surface area contributed by atoms with Crippen LogP contribution >= 0.6 is 0 Å². The molecule has 0 unspecified atom stereocenters. The van der Waals surface area contributed by atoms with Crippen molar-refractivity contribution in [2.75, 3.05) is 10.6 Å². The van der Waals surface area contributed by atoms with Crippen molar-refractivity contribution in [3.8, 4) is 0 Å². The number of urea groups is 1. The zero-order valence-corrected chi connectivity index (χ0v) is 13.6. The Morgan fingerprint density at radius 1 is 1.00 bits per heavy atom. The Hall–Kier alpha value is -2.04. The first-order chi connectivity index (χ1) is 11.1. The Kier molecular flexibility index (Phi) is 4.84. The number of carbonyl (C=O) groups is 2. The Bertz CT molecular complexity index is 583. The van der Waals surface area contributed by atoms with Gasteiger partial charge in [0.05, 0.1) is 0 Å². The number of hydrogen-bond acceptors (Lipinski definition) is 2. The first kappa shape index (κ1) is 15.8. The summed E-state index contributed by atoms with van der Waals surface area (Å²) in [5, 5.41) is 8.83. The number of amides is 3. The van der Waals surface area contributed by atoms with Gasteiger partial charge in [-0.3, -0.25) is 4.79 Å². The summed E-state index contributed by atoms with van der Waals surface area (Å²) in [4.78, 5) is 24.0. The second kappa shape index (κ2) is 7.02. The van der Waals surface area contributed by atoms with Gasteiger partial charge in [0.2, 0.25) is 5.91 Å². The molecule has 124 valence electrons. The third-order valence-electron chi connectivity index (χ3n) is 4.76. The fourth-order valence-corrected chi connectivity index (χ4v) is 3.13. The van der Waals surface area contributed by atoms with E-state index < -0.39 is 0 Å². The zero-order valence-electron chi connectivity index (χ0n) is 13.6. The van der Waals surface area contributed by atoms with Crippen molar-refractivity contribution >= 4 is 23.3 Å². The molecule has 0 spiro atoms. The van der Waals surface area contributed by atoms with Crippen LogP contribution in [0.1, 0.15) is 45.4 Å². The fraction of sp³-hybridized carbons (Fsp3) is 0.556. The maximum absolute atomic E-state index is 12.2. The Morgan fingerprint density at radius 2 is 1.70 bits per heavy atom. The molecule has 2 atom stereocenters. The second-order valence-electron chi connectivity index (χ2n) is 6.81. The highest BCUT2D eigenvalue weighted by Crippen LogP contribution is 2.30. The summed E-state index contributed by atoms with van der Waals surface area (Å²) < 4.78 is 0. The third-order valence-corrected chi connectivity index (χ3v) is 4.76. The molecule has 0 aliphatic heterocycles. The second-order valence-corrected chi connectivity index (χ2v) is 6.81. The molecule has 5 heteroatoms. The van der Waals surface area contributed by atoms with E-state index in [2.05, 4.69) is 22.9 Å². The zero-order chi connectivity index (χ0) is 16.2. The number of nitrogens with one attached hydrogen (secondary N) is 3. The van der Waals surface area contributed by atoms with Crippen LogP contribution in [-0.2, 0) is 4.79 Å². The summed E-state index contributed by atoms with van der Waals surface area (Å²) in [7, 11) is 0. The number of rotatable bonds is 4. The number of carbonyl (C=O) groups excluding carboxylic acids is 2. The quantitative estimate of drug-likeness (QED) is 0.792. The van der Waals surface area contributed by atoms with Crippen LogP contribution in [0.3, 0.4) is 0 Å². The van der Waals surface area contributed by atoms with Crippen molar-refractivity contribution in [2.24, 2.45) is 11.8 Å². The fourth-order valence-electron chi connectivity index (χ4n) is 3.13. The maximum atomic E-state index is 12.2. The highest BCUT2D eigenvalue weighted by atomic mass is 16.2. The van der Waals surface area contributed by atoms with E-state index in [0.717, 1.165) is 24.9 Å². The highest BCUT2D eigenvalue weighted by molar-refractivity contribution is 5.95. The summed E-state index contributed by atoms with van der Waals surface area (Å²) in [6.07, 6.45) is 6.61. The highest BCUT2D eigenvalue weighted by Gasteiger charge is 2.29. The van der Waals surface area contributed by atoms with Crippen molar-refractivity contribution in [2.45, 2.75) is 51.5 Å². The van der Waals surface area contributed by atoms with Crippen LogP contribution in [0.5, 0.6) is 0 Å². The lowest BCUT2D eigenvalue weighted by molar-refractivity contribution is -0.117. The topological polar surface area (TPSA) is 70.2 Å². The Morgan fingerprint density at radius 3 is 2.39 bits per heavy atom. The molecule has 2 aliphatic carbocycles. The van der Waals surface area contributed by atoms with Gasteiger partial charge < -0.3 is 16.0 Å². The first-order valence-electron chi connectivity index (χ1n) is 8.60. The van der Waals surface area contributed by atoms with Gasteiger partial charge in [-0.2, -0.15) is 0 Å². The minimum atomic E-state index is -0.172. The van der Waals surface area contributed by atoms with E-state index in [9.17, 15) is 9.59 Å². The SMILES string of the molecule is C[C@H]1CCCC[C@@H]1NC(=O)Nc1cccc(NC(=O)C2CC2)c1. The molecule has 3 N–H and O–H groups in total. The molecule has 0 aromatic heterocycles. The lowest BCUT2D eigenvalue weighted by atomic mass is 9.86. The van der Waals surface area contributed by atoms with Gasteiger partial charge in [-0.05, 0) is 49.8 Å². The van der Waals surface area contributed by atoms with Gasteiger partial charge in [0, 0.05) is 23.3 Å². The monoisotopic (exact) mass is 315 g/mol. The maximum Gasteiger partial charge on any atom is 0.319 e. The molecular formula is C18H25N3O2. The molecule has 3 rings (SSSR count). The molecule has 2 saturated carbocycles. The molecular weight excluding hydrogens is 290 g/mol. The summed E-state index contributed by atoms with van der Waals surface area (Å²) in [5.74, 6) is 0.768. The van der Waals surface area contributed by atoms with Crippen LogP contribution in [0, 0.1) is 11.8 Å². The van der Waals surface area contributed by atoms with Crippen molar-refractivity contribution in [3.05, 3.63) is 24.3 Å². The van der Waals surface area contributed by atoms with E-state index in [1.54, 1.807) is 6.07 Å². The van der Waals surface area contributed by atoms with Crippen molar-refractivity contribution in [1.29, 1.82) is 0 Å². The van der Waals surface area contributed by atoms with Gasteiger partial charge in [0.25, 0.3) is 0 Å². The molecule has 5 nitrogen and oxygen atoms in total. The van der Waals surface area contributed by atoms with Crippen LogP contribution in [0.2, 0.25) is 0 Å². The van der Waals surface area contributed by atoms with Crippen LogP contribution in [0.15, 0.2) is 24.3 Å². The van der Waals surface area contributed by atoms with E-state index in [1.807, 2.05) is 18.2 Å². The molecule has 0 radical (unpaired) electrons. The molecule has 0 heterocycles. The van der Waals surface area contributed by atoms with Crippen LogP contribution < -0.4 is 16.0 Å². The van der Waals surface area contributed by atoms with Crippen LogP contribution in [-0.4, -0.2) is 18.0 Å². The van der Waals surface area contributed by atoms with Gasteiger partial charge in [-0.25, -0.2) is 4.79 Å². The van der Waals surface area contributed by atoms with Crippen molar-refractivity contribution < 1.29 is 9.59 Å². The standard InChI is InChI=1S/C18H25N3O2/c1-12-5-2-3-8-16(12)21-18(23)20-15-7-4-6-14(11-15)19-17(22)13-9-10-13/h4,6-7,11-13,16H,2-3,5,8-10H2,1H3,(H,19,22)(H2,20,21,23)/t12-,16-/m0/s1. The lowest BCUT2D eigenvalue weighted by Gasteiger charge is -2.29. The lowest BCUT2D eigenvalue weighted by Crippen LogP contribution is -2.43. The van der Waals surface area contributed by atoms with Gasteiger partial charge in [-0.1, -0.05) is 25.8 Å². The van der Waals surface area contributed by atoms with Crippen molar-refractivity contribution in [3.63, 3.8) is 0 Å². The first-order valence-corrected chi connectivity index (χ1v) is 8.60. The van der Waals surface area contributed by atoms with Crippen LogP contribution in [0.25, 0.3) is 0 Å². The molecule has 1 aromatic rings. The summed E-state index contributed by atoms with van der Waals surface area (Å²) in [6.45, 7) is 2.19. The van der Waals surface area contributed by atoms with E-state index >= 15 is 0 Å². The number of hydrogen-bond donors (Lipinski definition) is 3. The minimum absolute atomic E-state index is 0.0719. The normalized spacial score (nSPS) is 23.9. The number of anilines is 2. The predicted molar refractivity (Wildman–Crippen MR) is 91.4 cm³/mol. The summed E-state index contributed by atoms with van der Waals surface area (Å²) >= 11 is 0. The smallest absolute Gasteiger partial charge is 0.319 e. The third kappa shape index (κ3) is 4.47. The summed E-state index contributed by atoms with van der Waals surface area (Å²) in [6, 6.07) is 7.38. The number of benzene rings is 1. The van der Waals surface area contributed by atoms with E-state index in [0.29, 0.717) is 11.6 Å². The molecule has 3 amide bonds. The van der Waals surface area contributed by atoms with Crippen molar-refractivity contribution in [1.82, 2.24) is 5.32 Å². The van der Waals surface area contributed by atoms with Gasteiger partial charge >= 0.3 is 6.03 Å². The van der Waals surface area contributed by atoms with Gasteiger partial charge in [0.1, 0.15) is 0 Å². The van der Waals surface area contributed by atoms with Gasteiger partial charge in [-0.15, -0.1) is 0 Å². The molecule has 23 heavy (non-hydrogen) atoms. The van der Waals surface area contributed by atoms with E-state index in [-0.39, 0.29) is 23.9 Å². The van der Waals surface area contributed by atoms with E-state index in [4.69, 9.17) is 0 Å². The molecule has 0 saturated heterocycles. The molecule has 2 fully saturated rings. The molecule has 0 bridgehead atoms. The molecule has 1 aromatic carbocycles. The largest absolute Gasteiger partial charge is 0.335 e. The van der Waals surface area contributed by atoms with E-state index in [1.165, 1.54) is 19.3 Å². The predicted octanol–water partition coefficient (Wildman–Crippen LogP) is 3.74. The van der Waals surface area contributed by atoms with Gasteiger partial charge in [0.15, 0.2) is 0 Å². The average Bonchev–Trinajstić information content (AvgIpc) is 3.35. The minimum Gasteiger partial charge on any atom is -0.335 e. The Balaban J connectivity index is 1.54. The molecule has 2 aliphatic rings. The Labute approximate surface area is 137 Å². The average molecular weight is 315 g/mol. The van der Waals surface area contributed by atoms with Crippen LogP contribution in [0.4, 0.5) is 16.2 Å². The summed E-state index contributed by atoms with van der Waals surface area (Å²) in [5.41, 5.74) is 1.42.